The highest BCUT2D eigenvalue weighted by Gasteiger charge is 2.10. The third-order valence-electron chi connectivity index (χ3n) is 3.79. The number of nitrogens with one attached hydrogen (secondary N) is 1. The molecule has 0 aliphatic rings. The molecule has 0 spiro atoms. The summed E-state index contributed by atoms with van der Waals surface area (Å²) in [5, 5.41) is 15.8. The Balaban J connectivity index is 1.59. The van der Waals surface area contributed by atoms with E-state index in [9.17, 15) is 14.9 Å². The zero-order chi connectivity index (χ0) is 19.2. The van der Waals surface area contributed by atoms with E-state index in [4.69, 9.17) is 0 Å². The molecular weight excluding hydrogens is 364 g/mol. The van der Waals surface area contributed by atoms with Crippen LogP contribution in [0.3, 0.4) is 0 Å². The number of benzene rings is 2. The summed E-state index contributed by atoms with van der Waals surface area (Å²) >= 11 is 1.37. The van der Waals surface area contributed by atoms with E-state index in [1.807, 2.05) is 30.3 Å². The van der Waals surface area contributed by atoms with Crippen molar-refractivity contribution in [2.24, 2.45) is 5.10 Å². The van der Waals surface area contributed by atoms with Crippen molar-refractivity contribution in [3.8, 4) is 0 Å². The minimum absolute atomic E-state index is 0.0179. The lowest BCUT2D eigenvalue weighted by Crippen LogP contribution is -2.19. The summed E-state index contributed by atoms with van der Waals surface area (Å²) in [6.07, 6.45) is 3.10. The molecule has 1 amide bonds. The zero-order valence-electron chi connectivity index (χ0n) is 14.5. The molecule has 27 heavy (non-hydrogen) atoms. The Morgan fingerprint density at radius 1 is 1.30 bits per heavy atom. The molecule has 8 heteroatoms. The Morgan fingerprint density at radius 2 is 2.11 bits per heavy atom. The molecular formula is C19H16N4O3S. The number of fused-ring (bicyclic) bond motifs is 1. The fourth-order valence-corrected chi connectivity index (χ4v) is 3.28. The first-order valence-corrected chi connectivity index (χ1v) is 9.06. The molecule has 1 heterocycles. The largest absolute Gasteiger partial charge is 0.272 e. The van der Waals surface area contributed by atoms with Gasteiger partial charge in [-0.1, -0.05) is 30.3 Å². The summed E-state index contributed by atoms with van der Waals surface area (Å²) in [6, 6.07) is 14.4. The van der Waals surface area contributed by atoms with E-state index in [0.29, 0.717) is 11.1 Å². The molecule has 3 aromatic rings. The highest BCUT2D eigenvalue weighted by atomic mass is 32.2. The van der Waals surface area contributed by atoms with Gasteiger partial charge in [0.1, 0.15) is 0 Å². The number of rotatable bonds is 6. The first kappa shape index (κ1) is 18.5. The van der Waals surface area contributed by atoms with Crippen molar-refractivity contribution in [2.75, 3.05) is 5.75 Å². The van der Waals surface area contributed by atoms with Crippen LogP contribution < -0.4 is 5.43 Å². The van der Waals surface area contributed by atoms with Crippen LogP contribution in [0.1, 0.15) is 11.1 Å². The van der Waals surface area contributed by atoms with Gasteiger partial charge in [0.2, 0.25) is 5.91 Å². The summed E-state index contributed by atoms with van der Waals surface area (Å²) in [4.78, 5) is 27.8. The molecule has 0 radical (unpaired) electrons. The van der Waals surface area contributed by atoms with Crippen LogP contribution in [0.15, 0.2) is 64.7 Å². The number of thioether (sulfide) groups is 1. The van der Waals surface area contributed by atoms with E-state index in [-0.39, 0.29) is 17.3 Å². The quantitative estimate of drug-likeness (QED) is 0.304. The number of nitrogens with zero attached hydrogens (tertiary/aromatic N) is 3. The maximum Gasteiger partial charge on any atom is 0.272 e. The average Bonchev–Trinajstić information content (AvgIpc) is 2.67. The molecule has 7 nitrogen and oxygen atoms in total. The van der Waals surface area contributed by atoms with Gasteiger partial charge in [0.05, 0.1) is 22.4 Å². The molecule has 0 aliphatic carbocycles. The molecule has 0 atom stereocenters. The average molecular weight is 380 g/mol. The van der Waals surface area contributed by atoms with Gasteiger partial charge >= 0.3 is 0 Å². The maximum atomic E-state index is 12.0. The second kappa shape index (κ2) is 8.41. The number of hydrogen-bond acceptors (Lipinski definition) is 6. The van der Waals surface area contributed by atoms with Crippen molar-refractivity contribution in [3.63, 3.8) is 0 Å². The molecule has 0 bridgehead atoms. The zero-order valence-corrected chi connectivity index (χ0v) is 15.3. The topological polar surface area (TPSA) is 97.5 Å². The maximum absolute atomic E-state index is 12.0. The van der Waals surface area contributed by atoms with Crippen molar-refractivity contribution >= 4 is 40.5 Å². The number of aromatic nitrogens is 1. The monoisotopic (exact) mass is 380 g/mol. The van der Waals surface area contributed by atoms with Crippen LogP contribution in [0.25, 0.3) is 10.9 Å². The number of carbonyl (C=O) groups excluding carboxylic acids is 1. The van der Waals surface area contributed by atoms with Crippen LogP contribution in [0.5, 0.6) is 0 Å². The second-order valence-electron chi connectivity index (χ2n) is 5.72. The molecule has 0 saturated heterocycles. The predicted octanol–water partition coefficient (Wildman–Crippen LogP) is 3.69. The van der Waals surface area contributed by atoms with E-state index in [2.05, 4.69) is 15.5 Å². The number of carbonyl (C=O) groups is 1. The van der Waals surface area contributed by atoms with Crippen LogP contribution in [-0.2, 0) is 4.79 Å². The molecule has 136 valence electrons. The standard InChI is InChI=1S/C19H16N4O3S/c1-13-7-8-14(10-16(13)23(25)26)11-21-22-18(24)12-27-17-6-2-4-15-5-3-9-20-19(15)17/h2-11H,12H2,1H3,(H,22,24)/b21-11+. The molecule has 0 saturated carbocycles. The fourth-order valence-electron chi connectivity index (χ4n) is 2.45. The number of pyridine rings is 1. The first-order chi connectivity index (χ1) is 13.0. The summed E-state index contributed by atoms with van der Waals surface area (Å²) in [7, 11) is 0. The van der Waals surface area contributed by atoms with Crippen LogP contribution in [0, 0.1) is 17.0 Å². The number of hydrazone groups is 1. The van der Waals surface area contributed by atoms with E-state index >= 15 is 0 Å². The predicted molar refractivity (Wildman–Crippen MR) is 106 cm³/mol. The molecule has 1 N–H and O–H groups in total. The number of para-hydroxylation sites is 1. The Morgan fingerprint density at radius 3 is 2.93 bits per heavy atom. The second-order valence-corrected chi connectivity index (χ2v) is 6.73. The summed E-state index contributed by atoms with van der Waals surface area (Å²) < 4.78 is 0. The Bertz CT molecular complexity index is 1030. The van der Waals surface area contributed by atoms with Gasteiger partial charge in [-0.2, -0.15) is 5.10 Å². The summed E-state index contributed by atoms with van der Waals surface area (Å²) in [6.45, 7) is 1.67. The lowest BCUT2D eigenvalue weighted by Gasteiger charge is -2.04. The van der Waals surface area contributed by atoms with Gasteiger partial charge in [-0.15, -0.1) is 11.8 Å². The molecule has 1 aromatic heterocycles. The van der Waals surface area contributed by atoms with Crippen LogP contribution in [0.2, 0.25) is 0 Å². The summed E-state index contributed by atoms with van der Waals surface area (Å²) in [5.74, 6) is -0.0908. The van der Waals surface area contributed by atoms with E-state index < -0.39 is 4.92 Å². The minimum atomic E-state index is -0.444. The number of hydrogen-bond donors (Lipinski definition) is 1. The molecule has 2 aromatic carbocycles. The van der Waals surface area contributed by atoms with Crippen molar-refractivity contribution in [1.82, 2.24) is 10.4 Å². The molecule has 0 unspecified atom stereocenters. The van der Waals surface area contributed by atoms with Crippen molar-refractivity contribution in [2.45, 2.75) is 11.8 Å². The highest BCUT2D eigenvalue weighted by molar-refractivity contribution is 8.00. The number of amides is 1. The van der Waals surface area contributed by atoms with Gasteiger partial charge < -0.3 is 0 Å². The van der Waals surface area contributed by atoms with Gasteiger partial charge in [-0.05, 0) is 19.1 Å². The van der Waals surface area contributed by atoms with Gasteiger partial charge in [-0.3, -0.25) is 19.9 Å². The SMILES string of the molecule is Cc1ccc(/C=N/NC(=O)CSc2cccc3cccnc23)cc1[N+](=O)[O-]. The van der Waals surface area contributed by atoms with Crippen LogP contribution in [0.4, 0.5) is 5.69 Å². The van der Waals surface area contributed by atoms with Crippen molar-refractivity contribution in [3.05, 3.63) is 76.0 Å². The minimum Gasteiger partial charge on any atom is -0.272 e. The van der Waals surface area contributed by atoms with Gasteiger partial charge in [-0.25, -0.2) is 5.43 Å². The Labute approximate surface area is 159 Å². The van der Waals surface area contributed by atoms with Gasteiger partial charge in [0.25, 0.3) is 5.69 Å². The van der Waals surface area contributed by atoms with Gasteiger partial charge in [0.15, 0.2) is 0 Å². The normalized spacial score (nSPS) is 11.0. The van der Waals surface area contributed by atoms with Crippen LogP contribution >= 0.6 is 11.8 Å². The van der Waals surface area contributed by atoms with E-state index in [1.54, 1.807) is 25.3 Å². The molecule has 0 aliphatic heterocycles. The lowest BCUT2D eigenvalue weighted by molar-refractivity contribution is -0.385. The van der Waals surface area contributed by atoms with Crippen molar-refractivity contribution < 1.29 is 9.72 Å². The third kappa shape index (κ3) is 4.68. The molecule has 0 fully saturated rings. The molecule has 3 rings (SSSR count). The van der Waals surface area contributed by atoms with Crippen LogP contribution in [-0.4, -0.2) is 27.8 Å². The van der Waals surface area contributed by atoms with Crippen molar-refractivity contribution in [1.29, 1.82) is 0 Å². The number of aryl methyl sites for hydroxylation is 1. The number of nitro benzene ring substituents is 1. The van der Waals surface area contributed by atoms with Gasteiger partial charge in [0, 0.05) is 33.7 Å². The first-order valence-electron chi connectivity index (χ1n) is 8.08. The Kier molecular flexibility index (Phi) is 5.77. The fraction of sp³-hybridized carbons (Fsp3) is 0.105. The number of nitro groups is 1. The van der Waals surface area contributed by atoms with E-state index in [0.717, 1.165) is 15.8 Å². The van der Waals surface area contributed by atoms with E-state index in [1.165, 1.54) is 24.0 Å². The highest BCUT2D eigenvalue weighted by Crippen LogP contribution is 2.25. The lowest BCUT2D eigenvalue weighted by atomic mass is 10.1. The summed E-state index contributed by atoms with van der Waals surface area (Å²) in [5.41, 5.74) is 4.42. The Hall–Kier alpha value is -3.26. The third-order valence-corrected chi connectivity index (χ3v) is 4.83. The smallest absolute Gasteiger partial charge is 0.272 e.